The van der Waals surface area contributed by atoms with Crippen molar-refractivity contribution in [3.05, 3.63) is 46.6 Å². The fourth-order valence-electron chi connectivity index (χ4n) is 2.13. The first-order valence-electron chi connectivity index (χ1n) is 8.25. The highest BCUT2D eigenvalue weighted by Gasteiger charge is 2.18. The van der Waals surface area contributed by atoms with Gasteiger partial charge in [0.2, 0.25) is 11.0 Å². The average Bonchev–Trinajstić information content (AvgIpc) is 2.53. The van der Waals surface area contributed by atoms with Gasteiger partial charge in [0.05, 0.1) is 0 Å². The Hall–Kier alpha value is -1.76. The summed E-state index contributed by atoms with van der Waals surface area (Å²) in [7, 11) is 0. The first kappa shape index (κ1) is 21.3. The van der Waals surface area contributed by atoms with Gasteiger partial charge in [-0.05, 0) is 11.8 Å². The predicted octanol–water partition coefficient (Wildman–Crippen LogP) is 4.97. The second-order valence-corrected chi connectivity index (χ2v) is 6.39. The summed E-state index contributed by atoms with van der Waals surface area (Å²) < 4.78 is 39.7. The summed E-state index contributed by atoms with van der Waals surface area (Å²) in [6, 6.07) is 0.877. The number of nitrogens with one attached hydrogen (secondary N) is 1. The van der Waals surface area contributed by atoms with Crippen LogP contribution >= 0.6 is 11.8 Å². The normalized spacial score (nSPS) is 11.0. The number of halogens is 3. The van der Waals surface area contributed by atoms with Crippen LogP contribution in [0, 0.1) is 17.5 Å². The average molecular weight is 373 g/mol. The largest absolute Gasteiger partial charge is 0.353 e. The minimum Gasteiger partial charge on any atom is -0.353 e. The third-order valence-electron chi connectivity index (χ3n) is 3.44. The molecule has 3 nitrogen and oxygen atoms in total. The summed E-state index contributed by atoms with van der Waals surface area (Å²) in [5, 5.41) is 2.89. The van der Waals surface area contributed by atoms with Gasteiger partial charge in [-0.15, -0.1) is 0 Å². The minimum absolute atomic E-state index is 0.381. The Morgan fingerprint density at radius 3 is 2.28 bits per heavy atom. The van der Waals surface area contributed by atoms with Gasteiger partial charge in [0.25, 0.3) is 0 Å². The lowest BCUT2D eigenvalue weighted by molar-refractivity contribution is -0.116. The molecule has 25 heavy (non-hydrogen) atoms. The quantitative estimate of drug-likeness (QED) is 0.465. The minimum atomic E-state index is -1.27. The van der Waals surface area contributed by atoms with Crippen LogP contribution in [0.5, 0.6) is 0 Å². The van der Waals surface area contributed by atoms with E-state index in [-0.39, 0.29) is 5.91 Å². The number of hydrogen-bond acceptors (Lipinski definition) is 3. The van der Waals surface area contributed by atoms with Crippen molar-refractivity contribution < 1.29 is 22.8 Å². The molecule has 0 bridgehead atoms. The van der Waals surface area contributed by atoms with Gasteiger partial charge < -0.3 is 5.32 Å². The van der Waals surface area contributed by atoms with Gasteiger partial charge in [-0.1, -0.05) is 50.8 Å². The number of hydrogen-bond donors (Lipinski definition) is 1. The van der Waals surface area contributed by atoms with Crippen molar-refractivity contribution in [3.63, 3.8) is 0 Å². The smallest absolute Gasteiger partial charge is 0.244 e. The second kappa shape index (κ2) is 11.7. The summed E-state index contributed by atoms with van der Waals surface area (Å²) in [6.45, 7) is 2.68. The van der Waals surface area contributed by atoms with Crippen LogP contribution in [0.2, 0.25) is 0 Å². The van der Waals surface area contributed by atoms with E-state index < -0.39 is 28.1 Å². The van der Waals surface area contributed by atoms with Crippen LogP contribution < -0.4 is 5.32 Å². The number of amides is 1. The molecule has 0 unspecified atom stereocenters. The van der Waals surface area contributed by atoms with Gasteiger partial charge in [0.15, 0.2) is 0 Å². The van der Waals surface area contributed by atoms with Crippen molar-refractivity contribution in [2.45, 2.75) is 45.4 Å². The molecule has 1 aromatic carbocycles. The number of benzene rings is 1. The monoisotopic (exact) mass is 373 g/mol. The van der Waals surface area contributed by atoms with Crippen LogP contribution in [0.1, 0.15) is 55.8 Å². The molecule has 0 aliphatic heterocycles. The molecule has 0 aromatic heterocycles. The van der Waals surface area contributed by atoms with Crippen LogP contribution in [0.3, 0.4) is 0 Å². The van der Waals surface area contributed by atoms with Crippen molar-refractivity contribution >= 4 is 22.8 Å². The van der Waals surface area contributed by atoms with Crippen molar-refractivity contribution in [1.29, 1.82) is 0 Å². The standard InChI is InChI=1S/C18H22F3NO2S/c1-2-3-4-5-6-7-9-22-16(23)8-10-25-18(24)17-14(20)11-13(19)12-15(17)21/h8,10-12H,2-7,9H2,1H3,(H,22,23)/b10-8-. The van der Waals surface area contributed by atoms with E-state index in [1.807, 2.05) is 0 Å². The predicted molar refractivity (Wildman–Crippen MR) is 93.8 cm³/mol. The fraction of sp³-hybridized carbons (Fsp3) is 0.444. The van der Waals surface area contributed by atoms with E-state index in [0.717, 1.165) is 30.7 Å². The Morgan fingerprint density at radius 2 is 1.64 bits per heavy atom. The van der Waals surface area contributed by atoms with E-state index in [1.54, 1.807) is 0 Å². The van der Waals surface area contributed by atoms with Gasteiger partial charge in [0.1, 0.15) is 23.0 Å². The highest BCUT2D eigenvalue weighted by atomic mass is 32.2. The van der Waals surface area contributed by atoms with Gasteiger partial charge in [-0.2, -0.15) is 0 Å². The number of carbonyl (C=O) groups excluding carboxylic acids is 2. The molecule has 0 aliphatic rings. The summed E-state index contributed by atoms with van der Waals surface area (Å²) in [6.07, 6.45) is 7.78. The molecule has 0 saturated carbocycles. The fourth-order valence-corrected chi connectivity index (χ4v) is 2.76. The van der Waals surface area contributed by atoms with E-state index in [2.05, 4.69) is 12.2 Å². The zero-order valence-corrected chi connectivity index (χ0v) is 14.9. The van der Waals surface area contributed by atoms with E-state index >= 15 is 0 Å². The van der Waals surface area contributed by atoms with E-state index in [4.69, 9.17) is 0 Å². The van der Waals surface area contributed by atoms with E-state index in [1.165, 1.54) is 19.3 Å². The van der Waals surface area contributed by atoms with Crippen LogP contribution in [-0.2, 0) is 4.79 Å². The maximum absolute atomic E-state index is 13.4. The molecule has 0 radical (unpaired) electrons. The van der Waals surface area contributed by atoms with Crippen LogP contribution in [0.15, 0.2) is 23.6 Å². The summed E-state index contributed by atoms with van der Waals surface area (Å²) in [5.41, 5.74) is -0.830. The SMILES string of the molecule is CCCCCCCCNC(=O)/C=C\SC(=O)c1c(F)cc(F)cc1F. The highest BCUT2D eigenvalue weighted by molar-refractivity contribution is 8.16. The van der Waals surface area contributed by atoms with Crippen molar-refractivity contribution in [3.8, 4) is 0 Å². The Kier molecular flexibility index (Phi) is 9.99. The van der Waals surface area contributed by atoms with Crippen molar-refractivity contribution in [2.75, 3.05) is 6.54 Å². The molecule has 0 atom stereocenters. The lowest BCUT2D eigenvalue weighted by Crippen LogP contribution is -2.21. The third kappa shape index (κ3) is 8.25. The van der Waals surface area contributed by atoms with Gasteiger partial charge in [-0.25, -0.2) is 13.2 Å². The molecule has 138 valence electrons. The maximum atomic E-state index is 13.4. The van der Waals surface area contributed by atoms with Gasteiger partial charge in [0, 0.05) is 24.8 Å². The first-order valence-corrected chi connectivity index (χ1v) is 9.13. The Morgan fingerprint density at radius 1 is 1.04 bits per heavy atom. The third-order valence-corrected chi connectivity index (χ3v) is 4.13. The number of unbranched alkanes of at least 4 members (excludes halogenated alkanes) is 5. The zero-order valence-electron chi connectivity index (χ0n) is 14.1. The van der Waals surface area contributed by atoms with Crippen molar-refractivity contribution in [2.24, 2.45) is 0 Å². The van der Waals surface area contributed by atoms with E-state index in [9.17, 15) is 22.8 Å². The summed E-state index contributed by atoms with van der Waals surface area (Å²) in [4.78, 5) is 23.3. The molecule has 1 aromatic rings. The van der Waals surface area contributed by atoms with Crippen LogP contribution in [0.25, 0.3) is 0 Å². The molecule has 0 spiro atoms. The summed E-state index contributed by atoms with van der Waals surface area (Å²) >= 11 is 0.462. The molecular formula is C18H22F3NO2S. The van der Waals surface area contributed by atoms with Gasteiger partial charge in [-0.3, -0.25) is 9.59 Å². The first-order chi connectivity index (χ1) is 12.0. The number of carbonyl (C=O) groups is 2. The lowest BCUT2D eigenvalue weighted by Gasteiger charge is -2.03. The molecule has 0 fully saturated rings. The molecule has 0 heterocycles. The number of thioether (sulfide) groups is 1. The molecule has 0 saturated heterocycles. The molecule has 0 aliphatic carbocycles. The van der Waals surface area contributed by atoms with Gasteiger partial charge >= 0.3 is 0 Å². The lowest BCUT2D eigenvalue weighted by atomic mass is 10.1. The van der Waals surface area contributed by atoms with E-state index in [0.29, 0.717) is 30.4 Å². The molecule has 7 heteroatoms. The molecule has 1 N–H and O–H groups in total. The Balaban J connectivity index is 2.32. The van der Waals surface area contributed by atoms with Crippen LogP contribution in [0.4, 0.5) is 13.2 Å². The number of rotatable bonds is 10. The topological polar surface area (TPSA) is 46.2 Å². The highest BCUT2D eigenvalue weighted by Crippen LogP contribution is 2.21. The van der Waals surface area contributed by atoms with Crippen molar-refractivity contribution in [1.82, 2.24) is 5.32 Å². The Bertz CT molecular complexity index is 597. The molecular weight excluding hydrogens is 351 g/mol. The van der Waals surface area contributed by atoms with Crippen LogP contribution in [-0.4, -0.2) is 17.6 Å². The Labute approximate surface area is 150 Å². The molecule has 1 rings (SSSR count). The zero-order chi connectivity index (χ0) is 18.7. The summed E-state index contributed by atoms with van der Waals surface area (Å²) in [5.74, 6) is -4.01. The second-order valence-electron chi connectivity index (χ2n) is 5.51. The maximum Gasteiger partial charge on any atom is 0.244 e. The molecule has 1 amide bonds.